The molecule has 27 heavy (non-hydrogen) atoms. The predicted octanol–water partition coefficient (Wildman–Crippen LogP) is 1.58. The average molecular weight is 366 g/mol. The summed E-state index contributed by atoms with van der Waals surface area (Å²) in [7, 11) is 0. The summed E-state index contributed by atoms with van der Waals surface area (Å²) < 4.78 is 6.48. The number of benzene rings is 1. The number of aromatic nitrogens is 2. The molecule has 0 aliphatic carbocycles. The van der Waals surface area contributed by atoms with Crippen LogP contribution in [0, 0.1) is 13.8 Å². The number of hydrogen-bond donors (Lipinski definition) is 2. The molecule has 0 aliphatic heterocycles. The molecule has 2 heterocycles. The summed E-state index contributed by atoms with van der Waals surface area (Å²) in [5, 5.41) is 4.06. The van der Waals surface area contributed by atoms with E-state index in [9.17, 15) is 14.4 Å². The maximum absolute atomic E-state index is 12.3. The highest BCUT2D eigenvalue weighted by Gasteiger charge is 2.15. The van der Waals surface area contributed by atoms with Crippen molar-refractivity contribution in [1.29, 1.82) is 0 Å². The molecule has 0 aliphatic rings. The number of furan rings is 1. The quantitative estimate of drug-likeness (QED) is 0.682. The predicted molar refractivity (Wildman–Crippen MR) is 97.2 cm³/mol. The molecule has 1 aromatic carbocycles. The Bertz CT molecular complexity index is 1040. The minimum Gasteiger partial charge on any atom is -0.466 e. The van der Waals surface area contributed by atoms with Crippen LogP contribution in [0.4, 0.5) is 0 Å². The minimum absolute atomic E-state index is 0.00549. The first-order valence-electron chi connectivity index (χ1n) is 8.24. The zero-order valence-corrected chi connectivity index (χ0v) is 14.9. The Labute approximate surface area is 154 Å². The molecule has 2 amide bonds. The van der Waals surface area contributed by atoms with Gasteiger partial charge in [0.2, 0.25) is 0 Å². The van der Waals surface area contributed by atoms with Gasteiger partial charge in [0.05, 0.1) is 12.1 Å². The Morgan fingerprint density at radius 1 is 1.04 bits per heavy atom. The van der Waals surface area contributed by atoms with E-state index in [0.29, 0.717) is 17.1 Å². The van der Waals surface area contributed by atoms with Crippen LogP contribution < -0.4 is 16.4 Å². The first kappa shape index (κ1) is 18.1. The normalized spacial score (nSPS) is 10.4. The van der Waals surface area contributed by atoms with Crippen molar-refractivity contribution in [3.8, 4) is 0 Å². The van der Waals surface area contributed by atoms with E-state index in [0.717, 1.165) is 5.56 Å². The molecule has 8 heteroatoms. The topological polar surface area (TPSA) is 106 Å². The molecule has 3 aromatic rings. The zero-order chi connectivity index (χ0) is 19.4. The van der Waals surface area contributed by atoms with Gasteiger partial charge in [0.15, 0.2) is 5.69 Å². The molecule has 0 radical (unpaired) electrons. The molecule has 0 saturated carbocycles. The van der Waals surface area contributed by atoms with Crippen LogP contribution in [0.5, 0.6) is 0 Å². The zero-order valence-electron chi connectivity index (χ0n) is 14.9. The molecule has 0 fully saturated rings. The molecule has 0 saturated heterocycles. The second-order valence-corrected chi connectivity index (χ2v) is 5.94. The first-order chi connectivity index (χ1) is 12.9. The Balaban J connectivity index is 1.69. The van der Waals surface area contributed by atoms with E-state index in [-0.39, 0.29) is 17.8 Å². The number of carbonyl (C=O) groups is 2. The fourth-order valence-corrected chi connectivity index (χ4v) is 2.54. The first-order valence-corrected chi connectivity index (χ1v) is 8.24. The molecule has 2 N–H and O–H groups in total. The van der Waals surface area contributed by atoms with Crippen LogP contribution in [0.15, 0.2) is 57.7 Å². The van der Waals surface area contributed by atoms with Gasteiger partial charge in [0, 0.05) is 6.07 Å². The van der Waals surface area contributed by atoms with Gasteiger partial charge in [-0.3, -0.25) is 25.2 Å². The summed E-state index contributed by atoms with van der Waals surface area (Å²) >= 11 is 0. The van der Waals surface area contributed by atoms with E-state index in [4.69, 9.17) is 4.42 Å². The molecule has 0 bridgehead atoms. The number of amides is 2. The lowest BCUT2D eigenvalue weighted by atomic mass is 10.2. The van der Waals surface area contributed by atoms with Crippen LogP contribution in [0.2, 0.25) is 0 Å². The number of aryl methyl sites for hydroxylation is 2. The fourth-order valence-electron chi connectivity index (χ4n) is 2.54. The third kappa shape index (κ3) is 4.30. The van der Waals surface area contributed by atoms with Crippen molar-refractivity contribution in [2.45, 2.75) is 20.4 Å². The van der Waals surface area contributed by atoms with Crippen LogP contribution >= 0.6 is 0 Å². The summed E-state index contributed by atoms with van der Waals surface area (Å²) in [6, 6.07) is 13.4. The van der Waals surface area contributed by atoms with Gasteiger partial charge in [-0.2, -0.15) is 5.10 Å². The highest BCUT2D eigenvalue weighted by molar-refractivity contribution is 5.98. The van der Waals surface area contributed by atoms with Crippen molar-refractivity contribution < 1.29 is 14.0 Å². The maximum atomic E-state index is 12.3. The van der Waals surface area contributed by atoms with Crippen LogP contribution in [0.3, 0.4) is 0 Å². The van der Waals surface area contributed by atoms with Crippen LogP contribution in [-0.2, 0) is 6.54 Å². The van der Waals surface area contributed by atoms with Crippen molar-refractivity contribution in [2.24, 2.45) is 0 Å². The van der Waals surface area contributed by atoms with Crippen LogP contribution in [0.25, 0.3) is 0 Å². The highest BCUT2D eigenvalue weighted by atomic mass is 16.3. The highest BCUT2D eigenvalue weighted by Crippen LogP contribution is 2.12. The smallest absolute Gasteiger partial charge is 0.290 e. The number of rotatable bonds is 4. The lowest BCUT2D eigenvalue weighted by Gasteiger charge is -2.09. The summed E-state index contributed by atoms with van der Waals surface area (Å²) in [5.74, 6) is -0.0919. The van der Waals surface area contributed by atoms with Gasteiger partial charge < -0.3 is 4.42 Å². The lowest BCUT2D eigenvalue weighted by molar-refractivity contribution is 0.0841. The van der Waals surface area contributed by atoms with Crippen LogP contribution in [-0.4, -0.2) is 21.6 Å². The standard InChI is InChI=1S/C19H18N4O4/c1-12-10-15(13(2)27-12)18(25)20-21-19(26)16-8-9-17(24)23(22-16)11-14-6-4-3-5-7-14/h3-10H,11H2,1-2H3,(H,20,25)(H,21,26). The monoisotopic (exact) mass is 366 g/mol. The number of nitrogens with zero attached hydrogens (tertiary/aromatic N) is 2. The maximum Gasteiger partial charge on any atom is 0.290 e. The van der Waals surface area contributed by atoms with Crippen molar-refractivity contribution in [1.82, 2.24) is 20.6 Å². The molecule has 8 nitrogen and oxygen atoms in total. The molecule has 0 unspecified atom stereocenters. The molecule has 3 rings (SSSR count). The molecule has 2 aromatic heterocycles. The van der Waals surface area contributed by atoms with Crippen molar-refractivity contribution in [2.75, 3.05) is 0 Å². The molecule has 0 spiro atoms. The molecule has 0 atom stereocenters. The number of carbonyl (C=O) groups excluding carboxylic acids is 2. The van der Waals surface area contributed by atoms with Crippen molar-refractivity contribution >= 4 is 11.8 Å². The van der Waals surface area contributed by atoms with Gasteiger partial charge >= 0.3 is 0 Å². The second kappa shape index (κ2) is 7.69. The Morgan fingerprint density at radius 3 is 2.41 bits per heavy atom. The number of hydrogen-bond acceptors (Lipinski definition) is 5. The minimum atomic E-state index is -0.636. The second-order valence-electron chi connectivity index (χ2n) is 5.94. The van der Waals surface area contributed by atoms with Crippen molar-refractivity contribution in [3.63, 3.8) is 0 Å². The largest absolute Gasteiger partial charge is 0.466 e. The fraction of sp³-hybridized carbons (Fsp3) is 0.158. The summed E-state index contributed by atoms with van der Waals surface area (Å²) in [6.45, 7) is 3.62. The van der Waals surface area contributed by atoms with E-state index in [2.05, 4.69) is 16.0 Å². The van der Waals surface area contributed by atoms with Gasteiger partial charge in [0.25, 0.3) is 17.4 Å². The van der Waals surface area contributed by atoms with E-state index in [1.165, 1.54) is 16.8 Å². The van der Waals surface area contributed by atoms with Gasteiger partial charge in [0.1, 0.15) is 11.5 Å². The van der Waals surface area contributed by atoms with Gasteiger partial charge in [-0.05, 0) is 31.5 Å². The van der Waals surface area contributed by atoms with Gasteiger partial charge in [-0.15, -0.1) is 0 Å². The van der Waals surface area contributed by atoms with Crippen LogP contribution in [0.1, 0.15) is 37.9 Å². The number of nitrogens with one attached hydrogen (secondary N) is 2. The van der Waals surface area contributed by atoms with Gasteiger partial charge in [-0.1, -0.05) is 30.3 Å². The third-order valence-electron chi connectivity index (χ3n) is 3.85. The summed E-state index contributed by atoms with van der Waals surface area (Å²) in [4.78, 5) is 36.4. The Kier molecular flexibility index (Phi) is 5.16. The van der Waals surface area contributed by atoms with E-state index >= 15 is 0 Å². The third-order valence-corrected chi connectivity index (χ3v) is 3.85. The average Bonchev–Trinajstić information content (AvgIpc) is 3.00. The summed E-state index contributed by atoms with van der Waals surface area (Å²) in [5.41, 5.74) is 5.48. The van der Waals surface area contributed by atoms with E-state index < -0.39 is 11.8 Å². The van der Waals surface area contributed by atoms with Crippen molar-refractivity contribution in [3.05, 3.63) is 87.2 Å². The van der Waals surface area contributed by atoms with E-state index in [1.54, 1.807) is 19.9 Å². The Hall–Kier alpha value is -3.68. The molecule has 138 valence electrons. The van der Waals surface area contributed by atoms with E-state index in [1.807, 2.05) is 30.3 Å². The molecular weight excluding hydrogens is 348 g/mol. The Morgan fingerprint density at radius 2 is 1.74 bits per heavy atom. The lowest BCUT2D eigenvalue weighted by Crippen LogP contribution is -2.42. The number of hydrazine groups is 1. The SMILES string of the molecule is Cc1cc(C(=O)NNC(=O)c2ccc(=O)n(Cc3ccccc3)n2)c(C)o1. The molecular formula is C19H18N4O4. The summed E-state index contributed by atoms with van der Waals surface area (Å²) in [6.07, 6.45) is 0. The van der Waals surface area contributed by atoms with Gasteiger partial charge in [-0.25, -0.2) is 4.68 Å².